The van der Waals surface area contributed by atoms with Crippen molar-refractivity contribution in [3.8, 4) is 17.0 Å². The number of hydrogen-bond donors (Lipinski definition) is 3. The zero-order chi connectivity index (χ0) is 27.4. The molecule has 1 aliphatic rings. The first-order valence-electron chi connectivity index (χ1n) is 11.9. The molecule has 1 aliphatic carbocycles. The molecule has 0 spiro atoms. The van der Waals surface area contributed by atoms with Crippen LogP contribution >= 0.6 is 11.6 Å². The van der Waals surface area contributed by atoms with Crippen molar-refractivity contribution in [3.63, 3.8) is 0 Å². The minimum absolute atomic E-state index is 0.0793. The summed E-state index contributed by atoms with van der Waals surface area (Å²) in [5.74, 6) is -1.52. The van der Waals surface area contributed by atoms with Gasteiger partial charge < -0.3 is 21.3 Å². The van der Waals surface area contributed by atoms with Crippen LogP contribution in [0.1, 0.15) is 43.0 Å². The number of halogens is 4. The summed E-state index contributed by atoms with van der Waals surface area (Å²) in [5.41, 5.74) is 13.3. The van der Waals surface area contributed by atoms with Gasteiger partial charge in [-0.3, -0.25) is 4.79 Å². The molecule has 38 heavy (non-hydrogen) atoms. The number of alkyl halides is 3. The Labute approximate surface area is 222 Å². The van der Waals surface area contributed by atoms with Gasteiger partial charge in [-0.15, -0.1) is 0 Å². The summed E-state index contributed by atoms with van der Waals surface area (Å²) in [4.78, 5) is 19.1. The quantitative estimate of drug-likeness (QED) is 0.314. The average molecular weight is 547 g/mol. The van der Waals surface area contributed by atoms with Gasteiger partial charge in [-0.1, -0.05) is 54.1 Å². The molecule has 0 radical (unpaired) electrons. The van der Waals surface area contributed by atoms with E-state index >= 15 is 0 Å². The summed E-state index contributed by atoms with van der Waals surface area (Å²) in [6.07, 6.45) is -3.17. The molecule has 0 saturated heterocycles. The van der Waals surface area contributed by atoms with E-state index < -0.39 is 24.3 Å². The third kappa shape index (κ3) is 6.62. The topological polar surface area (TPSA) is 124 Å². The molecule has 7 nitrogen and oxygen atoms in total. The van der Waals surface area contributed by atoms with Crippen LogP contribution in [0.25, 0.3) is 16.7 Å². The number of ether oxygens (including phenoxy) is 1. The third-order valence-corrected chi connectivity index (χ3v) is 6.63. The zero-order valence-corrected chi connectivity index (χ0v) is 20.9. The molecule has 1 aromatic heterocycles. The lowest BCUT2D eigenvalue weighted by molar-refractivity contribution is -0.198. The first-order valence-corrected chi connectivity index (χ1v) is 12.3. The van der Waals surface area contributed by atoms with Crippen LogP contribution in [0.2, 0.25) is 5.02 Å². The van der Waals surface area contributed by atoms with Crippen LogP contribution in [0.5, 0.6) is 5.88 Å². The van der Waals surface area contributed by atoms with Gasteiger partial charge in [0.1, 0.15) is 6.04 Å². The summed E-state index contributed by atoms with van der Waals surface area (Å²) in [5, 5.41) is 9.32. The third-order valence-electron chi connectivity index (χ3n) is 6.39. The van der Waals surface area contributed by atoms with E-state index in [0.717, 1.165) is 5.57 Å². The van der Waals surface area contributed by atoms with Gasteiger partial charge in [0.15, 0.2) is 0 Å². The van der Waals surface area contributed by atoms with Gasteiger partial charge in [0.05, 0.1) is 5.69 Å². The number of carbonyl (C=O) groups is 1. The molecule has 4 rings (SSSR count). The Morgan fingerprint density at radius 3 is 2.53 bits per heavy atom. The van der Waals surface area contributed by atoms with E-state index in [0.29, 0.717) is 36.9 Å². The molecule has 11 heteroatoms. The van der Waals surface area contributed by atoms with Crippen molar-refractivity contribution in [2.45, 2.75) is 44.0 Å². The number of hydrogen-bond acceptors (Lipinski definition) is 6. The predicted octanol–water partition coefficient (Wildman–Crippen LogP) is 6.05. The van der Waals surface area contributed by atoms with E-state index in [4.69, 9.17) is 32.9 Å². The SMILES string of the molecule is Nc1nc(OC(c2ccc(Cl)cc2-c2ccccc2)C(F)(F)F)cc(C2=CCC(C[C@H](N)C(=O)O)CC2)n1. The lowest BCUT2D eigenvalue weighted by Crippen LogP contribution is -2.32. The summed E-state index contributed by atoms with van der Waals surface area (Å²) in [6.45, 7) is 0. The first kappa shape index (κ1) is 27.4. The molecule has 0 saturated carbocycles. The minimum atomic E-state index is -4.78. The van der Waals surface area contributed by atoms with Gasteiger partial charge in [-0.2, -0.15) is 18.2 Å². The van der Waals surface area contributed by atoms with Gasteiger partial charge in [-0.05, 0) is 60.4 Å². The Morgan fingerprint density at radius 2 is 1.89 bits per heavy atom. The van der Waals surface area contributed by atoms with Crippen molar-refractivity contribution in [2.75, 3.05) is 5.73 Å². The highest BCUT2D eigenvalue weighted by atomic mass is 35.5. The normalized spacial score (nSPS) is 17.4. The number of anilines is 1. The lowest BCUT2D eigenvalue weighted by atomic mass is 9.84. The Bertz CT molecular complexity index is 1330. The van der Waals surface area contributed by atoms with Crippen LogP contribution in [0.4, 0.5) is 19.1 Å². The van der Waals surface area contributed by atoms with E-state index in [1.54, 1.807) is 30.3 Å². The summed E-state index contributed by atoms with van der Waals surface area (Å²) < 4.78 is 48.5. The van der Waals surface area contributed by atoms with E-state index in [9.17, 15) is 18.0 Å². The molecule has 0 amide bonds. The maximum Gasteiger partial charge on any atom is 0.429 e. The molecule has 0 bridgehead atoms. The Morgan fingerprint density at radius 1 is 1.16 bits per heavy atom. The minimum Gasteiger partial charge on any atom is -0.480 e. The van der Waals surface area contributed by atoms with Crippen LogP contribution < -0.4 is 16.2 Å². The fourth-order valence-corrected chi connectivity index (χ4v) is 4.69. The van der Waals surface area contributed by atoms with Crippen molar-refractivity contribution >= 4 is 29.1 Å². The van der Waals surface area contributed by atoms with Crippen molar-refractivity contribution < 1.29 is 27.8 Å². The van der Waals surface area contributed by atoms with Crippen LogP contribution in [-0.4, -0.2) is 33.3 Å². The zero-order valence-electron chi connectivity index (χ0n) is 20.2. The molecule has 1 heterocycles. The highest BCUT2D eigenvalue weighted by Gasteiger charge is 2.44. The number of aromatic nitrogens is 2. The van der Waals surface area contributed by atoms with Gasteiger partial charge >= 0.3 is 12.1 Å². The number of rotatable bonds is 8. The predicted molar refractivity (Wildman–Crippen MR) is 138 cm³/mol. The molecule has 0 aliphatic heterocycles. The van der Waals surface area contributed by atoms with Gasteiger partial charge in [0.2, 0.25) is 17.9 Å². The molecular weight excluding hydrogens is 521 g/mol. The number of nitrogens with zero attached hydrogens (tertiary/aromatic N) is 2. The maximum atomic E-state index is 14.4. The monoisotopic (exact) mass is 546 g/mol. The van der Waals surface area contributed by atoms with Crippen LogP contribution in [-0.2, 0) is 4.79 Å². The van der Waals surface area contributed by atoms with Crippen LogP contribution in [0.15, 0.2) is 60.7 Å². The molecule has 0 fully saturated rings. The standard InChI is InChI=1S/C27H26ClF3N4O3/c28-18-10-11-19(20(13-18)16-4-2-1-3-5-16)24(27(29,30)31)38-23-14-22(34-26(33)35-23)17-8-6-15(7-9-17)12-21(32)25(36)37/h1-5,8,10-11,13-15,21,24H,6-7,9,12,32H2,(H,36,37)(H2,33,34,35)/t15?,21-,24?/m0/s1. The number of carboxylic acid groups (broad SMARTS) is 1. The van der Waals surface area contributed by atoms with E-state index in [2.05, 4.69) is 9.97 Å². The molecule has 5 N–H and O–H groups in total. The number of nitrogen functional groups attached to an aromatic ring is 1. The molecule has 2 unspecified atom stereocenters. The average Bonchev–Trinajstić information content (AvgIpc) is 2.87. The van der Waals surface area contributed by atoms with Crippen molar-refractivity contribution in [2.24, 2.45) is 11.7 Å². The Hall–Kier alpha value is -3.63. The number of nitrogens with two attached hydrogens (primary N) is 2. The molecule has 2 aromatic carbocycles. The Balaban J connectivity index is 1.63. The second-order valence-corrected chi connectivity index (χ2v) is 9.57. The molecular formula is C27H26ClF3N4O3. The number of carboxylic acids is 1. The van der Waals surface area contributed by atoms with Gasteiger partial charge in [-0.25, -0.2) is 4.98 Å². The molecule has 3 atom stereocenters. The largest absolute Gasteiger partial charge is 0.480 e. The highest BCUT2D eigenvalue weighted by molar-refractivity contribution is 6.30. The second kappa shape index (κ2) is 11.4. The Kier molecular flexibility index (Phi) is 8.23. The van der Waals surface area contributed by atoms with Gasteiger partial charge in [0, 0.05) is 16.7 Å². The smallest absolute Gasteiger partial charge is 0.429 e. The van der Waals surface area contributed by atoms with Crippen molar-refractivity contribution in [1.82, 2.24) is 9.97 Å². The van der Waals surface area contributed by atoms with E-state index in [1.165, 1.54) is 24.3 Å². The second-order valence-electron chi connectivity index (χ2n) is 9.14. The van der Waals surface area contributed by atoms with Crippen molar-refractivity contribution in [3.05, 3.63) is 77.0 Å². The number of aliphatic carboxylic acids is 1. The van der Waals surface area contributed by atoms with Crippen LogP contribution in [0, 0.1) is 5.92 Å². The molecule has 200 valence electrons. The van der Waals surface area contributed by atoms with Crippen LogP contribution in [0.3, 0.4) is 0 Å². The lowest BCUT2D eigenvalue weighted by Gasteiger charge is -2.25. The fraction of sp³-hybridized carbons (Fsp3) is 0.296. The van der Waals surface area contributed by atoms with E-state index in [1.807, 2.05) is 6.08 Å². The van der Waals surface area contributed by atoms with Crippen molar-refractivity contribution in [1.29, 1.82) is 0 Å². The number of benzene rings is 2. The summed E-state index contributed by atoms with van der Waals surface area (Å²) in [6, 6.07) is 13.1. The maximum absolute atomic E-state index is 14.4. The van der Waals surface area contributed by atoms with E-state index in [-0.39, 0.29) is 33.9 Å². The number of allylic oxidation sites excluding steroid dienone is 2. The fourth-order valence-electron chi connectivity index (χ4n) is 4.52. The highest BCUT2D eigenvalue weighted by Crippen LogP contribution is 2.42. The summed E-state index contributed by atoms with van der Waals surface area (Å²) in [7, 11) is 0. The summed E-state index contributed by atoms with van der Waals surface area (Å²) >= 11 is 6.13. The molecule has 3 aromatic rings. The van der Waals surface area contributed by atoms with Gasteiger partial charge in [0.25, 0.3) is 0 Å². The first-order chi connectivity index (χ1) is 18.0.